The van der Waals surface area contributed by atoms with Crippen LogP contribution in [0.4, 0.5) is 0 Å². The van der Waals surface area contributed by atoms with E-state index in [2.05, 4.69) is 47.2 Å². The Morgan fingerprint density at radius 2 is 2.11 bits per heavy atom. The minimum absolute atomic E-state index is 0.208. The molecule has 0 saturated heterocycles. The van der Waals surface area contributed by atoms with Crippen LogP contribution >= 0.6 is 27.7 Å². The number of thioether (sulfide) groups is 1. The van der Waals surface area contributed by atoms with Crippen molar-refractivity contribution >= 4 is 37.5 Å². The molecular formula is C13H20BrNO2S2. The van der Waals surface area contributed by atoms with Gasteiger partial charge >= 0.3 is 0 Å². The Morgan fingerprint density at radius 1 is 1.42 bits per heavy atom. The zero-order valence-electron chi connectivity index (χ0n) is 11.4. The monoisotopic (exact) mass is 365 g/mol. The Labute approximate surface area is 128 Å². The van der Waals surface area contributed by atoms with Gasteiger partial charge in [0.15, 0.2) is 0 Å². The van der Waals surface area contributed by atoms with Gasteiger partial charge < -0.3 is 5.32 Å². The van der Waals surface area contributed by atoms with Crippen LogP contribution in [0.5, 0.6) is 0 Å². The van der Waals surface area contributed by atoms with Crippen LogP contribution in [0.15, 0.2) is 27.6 Å². The molecular weight excluding hydrogens is 346 g/mol. The van der Waals surface area contributed by atoms with Gasteiger partial charge in [0, 0.05) is 27.4 Å². The maximum absolute atomic E-state index is 11.2. The van der Waals surface area contributed by atoms with Gasteiger partial charge in [-0.1, -0.05) is 28.9 Å². The first-order valence-corrected chi connectivity index (χ1v) is 10.0. The number of sulfone groups is 1. The number of benzene rings is 1. The number of rotatable bonds is 7. The van der Waals surface area contributed by atoms with Gasteiger partial charge in [-0.2, -0.15) is 0 Å². The van der Waals surface area contributed by atoms with Crippen molar-refractivity contribution in [2.45, 2.75) is 24.8 Å². The van der Waals surface area contributed by atoms with Crippen molar-refractivity contribution in [2.24, 2.45) is 0 Å². The van der Waals surface area contributed by atoms with Gasteiger partial charge in [0.25, 0.3) is 0 Å². The van der Waals surface area contributed by atoms with E-state index in [-0.39, 0.29) is 11.8 Å². The number of nitrogens with one attached hydrogen (secondary N) is 1. The van der Waals surface area contributed by atoms with E-state index in [1.54, 1.807) is 11.8 Å². The molecule has 0 bridgehead atoms. The van der Waals surface area contributed by atoms with Crippen LogP contribution in [-0.4, -0.2) is 32.7 Å². The third-order valence-electron chi connectivity index (χ3n) is 2.66. The summed E-state index contributed by atoms with van der Waals surface area (Å²) in [6, 6.07) is 6.42. The summed E-state index contributed by atoms with van der Waals surface area (Å²) < 4.78 is 23.4. The highest BCUT2D eigenvalue weighted by molar-refractivity contribution is 9.10. The van der Waals surface area contributed by atoms with Gasteiger partial charge in [0.1, 0.15) is 9.84 Å². The van der Waals surface area contributed by atoms with E-state index in [0.717, 1.165) is 15.9 Å². The summed E-state index contributed by atoms with van der Waals surface area (Å²) in [5.74, 6) is 0.792. The van der Waals surface area contributed by atoms with Crippen LogP contribution < -0.4 is 5.32 Å². The number of halogens is 1. The zero-order valence-corrected chi connectivity index (χ0v) is 14.7. The summed E-state index contributed by atoms with van der Waals surface area (Å²) in [6.07, 6.45) is 1.27. The predicted molar refractivity (Wildman–Crippen MR) is 86.7 cm³/mol. The molecule has 0 fully saturated rings. The normalized spacial score (nSPS) is 13.5. The van der Waals surface area contributed by atoms with Crippen LogP contribution in [0, 0.1) is 0 Å². The van der Waals surface area contributed by atoms with E-state index in [1.807, 2.05) is 6.07 Å². The topological polar surface area (TPSA) is 46.2 Å². The summed E-state index contributed by atoms with van der Waals surface area (Å²) in [4.78, 5) is 1.13. The lowest BCUT2D eigenvalue weighted by atomic mass is 10.1. The van der Waals surface area contributed by atoms with Crippen molar-refractivity contribution in [1.82, 2.24) is 5.32 Å². The SMILES string of the molecule is CCNC(C)c1ccc(Br)cc1SCCS(C)(=O)=O. The summed E-state index contributed by atoms with van der Waals surface area (Å²) >= 11 is 5.06. The molecule has 0 aliphatic heterocycles. The van der Waals surface area contributed by atoms with E-state index in [0.29, 0.717) is 5.75 Å². The van der Waals surface area contributed by atoms with E-state index >= 15 is 0 Å². The van der Waals surface area contributed by atoms with E-state index in [1.165, 1.54) is 11.8 Å². The molecule has 0 aliphatic carbocycles. The van der Waals surface area contributed by atoms with E-state index in [9.17, 15) is 8.42 Å². The first-order chi connectivity index (χ1) is 8.83. The third kappa shape index (κ3) is 6.29. The van der Waals surface area contributed by atoms with Gasteiger partial charge in [-0.25, -0.2) is 8.42 Å². The van der Waals surface area contributed by atoms with Crippen LogP contribution in [0.1, 0.15) is 25.5 Å². The molecule has 1 aromatic carbocycles. The smallest absolute Gasteiger partial charge is 0.148 e. The Balaban J connectivity index is 2.82. The Kier molecular flexibility index (Phi) is 6.86. The Bertz CT molecular complexity index is 517. The fraction of sp³-hybridized carbons (Fsp3) is 0.538. The summed E-state index contributed by atoms with van der Waals surface area (Å²) in [6.45, 7) is 5.10. The van der Waals surface area contributed by atoms with Crippen LogP contribution in [0.3, 0.4) is 0 Å². The second-order valence-corrected chi connectivity index (χ2v) is 8.75. The van der Waals surface area contributed by atoms with Crippen molar-refractivity contribution in [3.05, 3.63) is 28.2 Å². The number of hydrogen-bond acceptors (Lipinski definition) is 4. The van der Waals surface area contributed by atoms with Crippen LogP contribution in [-0.2, 0) is 9.84 Å². The molecule has 1 N–H and O–H groups in total. The minimum Gasteiger partial charge on any atom is -0.310 e. The quantitative estimate of drug-likeness (QED) is 0.753. The molecule has 0 aromatic heterocycles. The first kappa shape index (κ1) is 17.0. The molecule has 1 unspecified atom stereocenters. The molecule has 0 aliphatic rings. The zero-order chi connectivity index (χ0) is 14.5. The van der Waals surface area contributed by atoms with Gasteiger partial charge in [-0.05, 0) is 31.2 Å². The maximum Gasteiger partial charge on any atom is 0.148 e. The Hall–Kier alpha value is -0.0400. The number of hydrogen-bond donors (Lipinski definition) is 1. The molecule has 0 amide bonds. The van der Waals surface area contributed by atoms with E-state index < -0.39 is 9.84 Å². The summed E-state index contributed by atoms with van der Waals surface area (Å²) in [7, 11) is -2.90. The van der Waals surface area contributed by atoms with Gasteiger partial charge in [0.05, 0.1) is 5.75 Å². The third-order valence-corrected chi connectivity index (χ3v) is 5.43. The molecule has 108 valence electrons. The first-order valence-electron chi connectivity index (χ1n) is 6.17. The van der Waals surface area contributed by atoms with Crippen molar-refractivity contribution in [1.29, 1.82) is 0 Å². The second-order valence-electron chi connectivity index (χ2n) is 4.44. The summed E-state index contributed by atoms with van der Waals surface area (Å²) in [5, 5.41) is 3.38. The molecule has 1 rings (SSSR count). The molecule has 1 aromatic rings. The van der Waals surface area contributed by atoms with Crippen molar-refractivity contribution in [3.63, 3.8) is 0 Å². The highest BCUT2D eigenvalue weighted by atomic mass is 79.9. The lowest BCUT2D eigenvalue weighted by Crippen LogP contribution is -2.18. The van der Waals surface area contributed by atoms with Crippen LogP contribution in [0.25, 0.3) is 0 Å². The second kappa shape index (κ2) is 7.67. The van der Waals surface area contributed by atoms with E-state index in [4.69, 9.17) is 0 Å². The van der Waals surface area contributed by atoms with Crippen LogP contribution in [0.2, 0.25) is 0 Å². The van der Waals surface area contributed by atoms with Crippen molar-refractivity contribution in [2.75, 3.05) is 24.3 Å². The van der Waals surface area contributed by atoms with Gasteiger partial charge in [-0.3, -0.25) is 0 Å². The molecule has 0 heterocycles. The molecule has 6 heteroatoms. The molecule has 0 spiro atoms. The van der Waals surface area contributed by atoms with Gasteiger partial charge in [0.2, 0.25) is 0 Å². The molecule has 0 radical (unpaired) electrons. The predicted octanol–water partition coefficient (Wildman–Crippen LogP) is 3.26. The minimum atomic E-state index is -2.90. The highest BCUT2D eigenvalue weighted by Crippen LogP contribution is 2.30. The van der Waals surface area contributed by atoms with Crippen molar-refractivity contribution < 1.29 is 8.42 Å². The fourth-order valence-electron chi connectivity index (χ4n) is 1.71. The lowest BCUT2D eigenvalue weighted by molar-refractivity contribution is 0.589. The standard InChI is InChI=1S/C13H20BrNO2S2/c1-4-15-10(2)12-6-5-11(14)9-13(12)18-7-8-19(3,16)17/h5-6,9-10,15H,4,7-8H2,1-3H3. The van der Waals surface area contributed by atoms with Crippen molar-refractivity contribution in [3.8, 4) is 0 Å². The molecule has 3 nitrogen and oxygen atoms in total. The Morgan fingerprint density at radius 3 is 2.68 bits per heavy atom. The largest absolute Gasteiger partial charge is 0.310 e. The molecule has 0 saturated carbocycles. The molecule has 19 heavy (non-hydrogen) atoms. The van der Waals surface area contributed by atoms with Gasteiger partial charge in [-0.15, -0.1) is 11.8 Å². The fourth-order valence-corrected chi connectivity index (χ4v) is 4.61. The highest BCUT2D eigenvalue weighted by Gasteiger charge is 2.11. The average Bonchev–Trinajstić information content (AvgIpc) is 2.27. The maximum atomic E-state index is 11.2. The lowest BCUT2D eigenvalue weighted by Gasteiger charge is -2.17. The average molecular weight is 366 g/mol. The summed E-state index contributed by atoms with van der Waals surface area (Å²) in [5.41, 5.74) is 1.21. The molecule has 1 atom stereocenters.